The van der Waals surface area contributed by atoms with E-state index in [0.717, 1.165) is 6.20 Å². The van der Waals surface area contributed by atoms with Gasteiger partial charge in [-0.2, -0.15) is 13.2 Å². The summed E-state index contributed by atoms with van der Waals surface area (Å²) in [5.41, 5.74) is -1.58. The topological polar surface area (TPSA) is 71.5 Å². The summed E-state index contributed by atoms with van der Waals surface area (Å²) in [5.74, 6) is -0.721. The largest absolute Gasteiger partial charge is 0.497 e. The minimum Gasteiger partial charge on any atom is -0.497 e. The van der Waals surface area contributed by atoms with Crippen LogP contribution in [-0.4, -0.2) is 35.8 Å². The van der Waals surface area contributed by atoms with Crippen LogP contribution in [0.15, 0.2) is 24.4 Å². The van der Waals surface area contributed by atoms with E-state index < -0.39 is 29.3 Å². The van der Waals surface area contributed by atoms with Gasteiger partial charge >= 0.3 is 6.18 Å². The molecule has 23 heavy (non-hydrogen) atoms. The molecule has 124 valence electrons. The summed E-state index contributed by atoms with van der Waals surface area (Å²) in [6.45, 7) is 1.25. The van der Waals surface area contributed by atoms with Crippen LogP contribution in [0.4, 0.5) is 13.2 Å². The zero-order chi connectivity index (χ0) is 17.2. The van der Waals surface area contributed by atoms with Crippen LogP contribution >= 0.6 is 0 Å². The predicted molar refractivity (Wildman–Crippen MR) is 77.3 cm³/mol. The average molecular weight is 328 g/mol. The molecule has 0 aliphatic rings. The number of alkyl halides is 3. The maximum Gasteiger partial charge on any atom is 0.417 e. The van der Waals surface area contributed by atoms with E-state index >= 15 is 0 Å². The third-order valence-electron chi connectivity index (χ3n) is 3.16. The van der Waals surface area contributed by atoms with E-state index in [1.807, 2.05) is 0 Å². The third kappa shape index (κ3) is 3.70. The lowest BCUT2D eigenvalue weighted by Crippen LogP contribution is -2.32. The number of hydrogen-bond donors (Lipinski definition) is 2. The van der Waals surface area contributed by atoms with E-state index in [4.69, 9.17) is 9.84 Å². The first-order valence-electron chi connectivity index (χ1n) is 6.74. The molecule has 2 N–H and O–H groups in total. The van der Waals surface area contributed by atoms with Gasteiger partial charge in [-0.15, -0.1) is 0 Å². The van der Waals surface area contributed by atoms with Gasteiger partial charge < -0.3 is 15.2 Å². The van der Waals surface area contributed by atoms with E-state index in [0.29, 0.717) is 0 Å². The zero-order valence-corrected chi connectivity index (χ0v) is 12.4. The second kappa shape index (κ2) is 6.41. The number of ether oxygens (including phenoxy) is 1. The molecule has 0 saturated carbocycles. The Morgan fingerprint density at radius 3 is 2.70 bits per heavy atom. The van der Waals surface area contributed by atoms with Gasteiger partial charge in [0.15, 0.2) is 0 Å². The van der Waals surface area contributed by atoms with Crippen LogP contribution in [0.2, 0.25) is 0 Å². The van der Waals surface area contributed by atoms with Gasteiger partial charge in [-0.25, -0.2) is 0 Å². The summed E-state index contributed by atoms with van der Waals surface area (Å²) >= 11 is 0. The summed E-state index contributed by atoms with van der Waals surface area (Å²) in [4.78, 5) is 15.9. The Balaban J connectivity index is 2.62. The molecule has 0 aliphatic heterocycles. The van der Waals surface area contributed by atoms with Crippen molar-refractivity contribution in [3.8, 4) is 5.75 Å². The molecule has 0 spiro atoms. The van der Waals surface area contributed by atoms with Gasteiger partial charge in [0.2, 0.25) is 0 Å². The van der Waals surface area contributed by atoms with Gasteiger partial charge in [-0.3, -0.25) is 9.78 Å². The first-order valence-corrected chi connectivity index (χ1v) is 6.74. The molecule has 0 radical (unpaired) electrons. The van der Waals surface area contributed by atoms with Crippen LogP contribution < -0.4 is 10.1 Å². The first-order chi connectivity index (χ1) is 10.7. The molecule has 0 fully saturated rings. The highest BCUT2D eigenvalue weighted by Gasteiger charge is 2.37. The van der Waals surface area contributed by atoms with Crippen LogP contribution in [0.25, 0.3) is 10.9 Å². The highest BCUT2D eigenvalue weighted by atomic mass is 19.4. The number of aromatic nitrogens is 1. The molecule has 0 bridgehead atoms. The molecular weight excluding hydrogens is 313 g/mol. The van der Waals surface area contributed by atoms with Crippen molar-refractivity contribution >= 4 is 16.8 Å². The number of benzene rings is 1. The average Bonchev–Trinajstić information content (AvgIpc) is 2.49. The Labute approximate surface area is 130 Å². The van der Waals surface area contributed by atoms with Crippen molar-refractivity contribution < 1.29 is 27.8 Å². The normalized spacial score (nSPS) is 13.0. The van der Waals surface area contributed by atoms with Crippen LogP contribution in [-0.2, 0) is 6.18 Å². The van der Waals surface area contributed by atoms with Crippen molar-refractivity contribution in [1.29, 1.82) is 0 Å². The van der Waals surface area contributed by atoms with Crippen molar-refractivity contribution in [2.75, 3.05) is 13.7 Å². The van der Waals surface area contributed by atoms with Crippen LogP contribution in [0.3, 0.4) is 0 Å². The number of amides is 1. The number of methoxy groups -OCH3 is 1. The van der Waals surface area contributed by atoms with E-state index in [2.05, 4.69) is 10.3 Å². The van der Waals surface area contributed by atoms with E-state index in [9.17, 15) is 18.0 Å². The van der Waals surface area contributed by atoms with Crippen molar-refractivity contribution in [2.24, 2.45) is 0 Å². The van der Waals surface area contributed by atoms with E-state index in [1.165, 1.54) is 32.2 Å². The molecule has 2 rings (SSSR count). The molecule has 0 aliphatic carbocycles. The molecule has 1 aromatic carbocycles. The SMILES string of the molecule is COc1ccc2ncc(C(=O)NC[C@@H](C)O)c(C(F)(F)F)c2c1. The molecule has 0 saturated heterocycles. The fraction of sp³-hybridized carbons (Fsp3) is 0.333. The monoisotopic (exact) mass is 328 g/mol. The number of aliphatic hydroxyl groups excluding tert-OH is 1. The number of carbonyl (C=O) groups is 1. The quantitative estimate of drug-likeness (QED) is 0.904. The molecule has 8 heteroatoms. The Morgan fingerprint density at radius 1 is 1.43 bits per heavy atom. The predicted octanol–water partition coefficient (Wildman–Crippen LogP) is 2.37. The molecule has 1 aromatic heterocycles. The lowest BCUT2D eigenvalue weighted by molar-refractivity contribution is -0.136. The lowest BCUT2D eigenvalue weighted by Gasteiger charge is -2.16. The summed E-state index contributed by atoms with van der Waals surface area (Å²) in [5, 5.41) is 11.2. The maximum atomic E-state index is 13.5. The molecule has 1 atom stereocenters. The fourth-order valence-electron chi connectivity index (χ4n) is 2.11. The Morgan fingerprint density at radius 2 is 2.13 bits per heavy atom. The molecule has 1 heterocycles. The number of nitrogens with one attached hydrogen (secondary N) is 1. The summed E-state index contributed by atoms with van der Waals surface area (Å²) in [6, 6.07) is 4.07. The number of nitrogens with zero attached hydrogens (tertiary/aromatic N) is 1. The van der Waals surface area contributed by atoms with Gasteiger partial charge in [0.05, 0.1) is 29.9 Å². The number of fused-ring (bicyclic) bond motifs is 1. The molecule has 1 amide bonds. The Hall–Kier alpha value is -2.35. The maximum absolute atomic E-state index is 13.5. The fourth-order valence-corrected chi connectivity index (χ4v) is 2.11. The number of carbonyl (C=O) groups excluding carboxylic acids is 1. The third-order valence-corrected chi connectivity index (χ3v) is 3.16. The minimum atomic E-state index is -4.74. The number of aliphatic hydroxyl groups is 1. The van der Waals surface area contributed by atoms with E-state index in [1.54, 1.807) is 0 Å². The number of halogens is 3. The van der Waals surface area contributed by atoms with Crippen molar-refractivity contribution in [3.63, 3.8) is 0 Å². The number of hydrogen-bond acceptors (Lipinski definition) is 4. The standard InChI is InChI=1S/C15H15F3N2O3/c1-8(21)6-20-14(22)11-7-19-12-4-3-9(23-2)5-10(12)13(11)15(16,17)18/h3-5,7-8,21H,6H2,1-2H3,(H,20,22)/t8-/m1/s1. The Kier molecular flexibility index (Phi) is 4.74. The second-order valence-electron chi connectivity index (χ2n) is 4.99. The Bertz CT molecular complexity index is 730. The number of rotatable bonds is 4. The van der Waals surface area contributed by atoms with Gasteiger partial charge in [0, 0.05) is 18.1 Å². The van der Waals surface area contributed by atoms with Crippen LogP contribution in [0.1, 0.15) is 22.8 Å². The van der Waals surface area contributed by atoms with Gasteiger partial charge in [-0.1, -0.05) is 0 Å². The molecule has 0 unspecified atom stereocenters. The van der Waals surface area contributed by atoms with Gasteiger partial charge in [0.1, 0.15) is 5.75 Å². The van der Waals surface area contributed by atoms with E-state index in [-0.39, 0.29) is 23.2 Å². The van der Waals surface area contributed by atoms with Crippen LogP contribution in [0.5, 0.6) is 5.75 Å². The molecular formula is C15H15F3N2O3. The van der Waals surface area contributed by atoms with Crippen molar-refractivity contribution in [2.45, 2.75) is 19.2 Å². The second-order valence-corrected chi connectivity index (χ2v) is 4.99. The smallest absolute Gasteiger partial charge is 0.417 e. The van der Waals surface area contributed by atoms with Crippen LogP contribution in [0, 0.1) is 0 Å². The summed E-state index contributed by atoms with van der Waals surface area (Å²) < 4.78 is 45.4. The molecule has 2 aromatic rings. The number of pyridine rings is 1. The first kappa shape index (κ1) is 17.0. The highest BCUT2D eigenvalue weighted by Crippen LogP contribution is 2.37. The molecule has 5 nitrogen and oxygen atoms in total. The minimum absolute atomic E-state index is 0.102. The lowest BCUT2D eigenvalue weighted by atomic mass is 10.0. The highest BCUT2D eigenvalue weighted by molar-refractivity contribution is 6.00. The summed E-state index contributed by atoms with van der Waals surface area (Å²) in [6.07, 6.45) is -4.73. The van der Waals surface area contributed by atoms with Crippen molar-refractivity contribution in [1.82, 2.24) is 10.3 Å². The zero-order valence-electron chi connectivity index (χ0n) is 12.4. The van der Waals surface area contributed by atoms with Gasteiger partial charge in [0.25, 0.3) is 5.91 Å². The van der Waals surface area contributed by atoms with Gasteiger partial charge in [-0.05, 0) is 25.1 Å². The summed E-state index contributed by atoms with van der Waals surface area (Å²) in [7, 11) is 1.33. The van der Waals surface area contributed by atoms with Crippen molar-refractivity contribution in [3.05, 3.63) is 35.5 Å².